The summed E-state index contributed by atoms with van der Waals surface area (Å²) >= 11 is 1.96. The fourth-order valence-corrected chi connectivity index (χ4v) is 5.56. The summed E-state index contributed by atoms with van der Waals surface area (Å²) in [5, 5.41) is 6.98. The van der Waals surface area contributed by atoms with E-state index in [4.69, 9.17) is 0 Å². The number of aromatic nitrogens is 2. The molecule has 144 valence electrons. The van der Waals surface area contributed by atoms with Crippen LogP contribution in [-0.4, -0.2) is 63.6 Å². The molecule has 1 aromatic rings. The van der Waals surface area contributed by atoms with Crippen molar-refractivity contribution >= 4 is 17.7 Å². The molecule has 1 saturated carbocycles. The lowest BCUT2D eigenvalue weighted by atomic mass is 9.93. The van der Waals surface area contributed by atoms with Gasteiger partial charge in [-0.05, 0) is 44.7 Å². The van der Waals surface area contributed by atoms with E-state index in [9.17, 15) is 4.79 Å². The van der Waals surface area contributed by atoms with Crippen molar-refractivity contribution in [2.24, 2.45) is 5.41 Å². The number of carbonyl (C=O) groups is 1. The van der Waals surface area contributed by atoms with Crippen molar-refractivity contribution in [3.63, 3.8) is 0 Å². The van der Waals surface area contributed by atoms with Gasteiger partial charge in [-0.2, -0.15) is 11.8 Å². The van der Waals surface area contributed by atoms with Crippen LogP contribution in [0, 0.1) is 5.41 Å². The standard InChI is InChI=1S/C19H31N5OS/c1-2-23-9-7-22-17(23)13-24(16-12-19(16)3-5-20-6-4-19)18(25)11-15-14-26-10-8-21-15/h7,9,15-16,20-21H,2-6,8,10-14H2,1H3. The average Bonchev–Trinajstić information content (AvgIpc) is 3.14. The van der Waals surface area contributed by atoms with E-state index in [2.05, 4.69) is 32.0 Å². The van der Waals surface area contributed by atoms with E-state index in [-0.39, 0.29) is 0 Å². The maximum absolute atomic E-state index is 13.3. The van der Waals surface area contributed by atoms with E-state index in [0.717, 1.165) is 43.5 Å². The molecule has 1 aliphatic carbocycles. The number of thioether (sulfide) groups is 1. The van der Waals surface area contributed by atoms with Gasteiger partial charge in [0, 0.05) is 55.5 Å². The van der Waals surface area contributed by atoms with Crippen molar-refractivity contribution in [1.29, 1.82) is 0 Å². The zero-order valence-corrected chi connectivity index (χ0v) is 16.6. The molecule has 2 aliphatic heterocycles. The number of carbonyl (C=O) groups excluding carboxylic acids is 1. The van der Waals surface area contributed by atoms with E-state index in [1.807, 2.05) is 24.2 Å². The summed E-state index contributed by atoms with van der Waals surface area (Å²) in [7, 11) is 0. The summed E-state index contributed by atoms with van der Waals surface area (Å²) in [6, 6.07) is 0.716. The molecular weight excluding hydrogens is 346 g/mol. The normalized spacial score (nSPS) is 27.4. The molecule has 4 rings (SSSR count). The Morgan fingerprint density at radius 3 is 3.00 bits per heavy atom. The third kappa shape index (κ3) is 3.80. The molecule has 2 saturated heterocycles. The summed E-state index contributed by atoms with van der Waals surface area (Å²) < 4.78 is 2.16. The van der Waals surface area contributed by atoms with Crippen LogP contribution in [-0.2, 0) is 17.9 Å². The highest BCUT2D eigenvalue weighted by Crippen LogP contribution is 2.56. The number of nitrogens with zero attached hydrogens (tertiary/aromatic N) is 3. The monoisotopic (exact) mass is 377 g/mol. The number of piperidine rings is 1. The highest BCUT2D eigenvalue weighted by Gasteiger charge is 2.57. The number of rotatable bonds is 6. The molecular formula is C19H31N5OS. The Balaban J connectivity index is 1.48. The Bertz CT molecular complexity index is 621. The molecule has 3 fully saturated rings. The summed E-state index contributed by atoms with van der Waals surface area (Å²) in [5.74, 6) is 3.52. The summed E-state index contributed by atoms with van der Waals surface area (Å²) in [4.78, 5) is 20.0. The molecule has 0 radical (unpaired) electrons. The van der Waals surface area contributed by atoms with Crippen LogP contribution in [0.2, 0.25) is 0 Å². The molecule has 1 spiro atoms. The van der Waals surface area contributed by atoms with Gasteiger partial charge in [0.05, 0.1) is 6.54 Å². The van der Waals surface area contributed by atoms with E-state index in [0.29, 0.717) is 36.4 Å². The lowest BCUT2D eigenvalue weighted by Crippen LogP contribution is -2.45. The third-order valence-electron chi connectivity index (χ3n) is 6.32. The zero-order chi connectivity index (χ0) is 18.0. The van der Waals surface area contributed by atoms with Crippen LogP contribution in [0.25, 0.3) is 0 Å². The Labute approximate surface area is 160 Å². The zero-order valence-electron chi connectivity index (χ0n) is 15.7. The molecule has 0 aromatic carbocycles. The SMILES string of the molecule is CCn1ccnc1CN(C(=O)CC1CSCCN1)C1CC12CCNCC2. The van der Waals surface area contributed by atoms with E-state index in [1.165, 1.54) is 19.3 Å². The van der Waals surface area contributed by atoms with Gasteiger partial charge in [-0.15, -0.1) is 0 Å². The van der Waals surface area contributed by atoms with Gasteiger partial charge in [0.1, 0.15) is 5.82 Å². The van der Waals surface area contributed by atoms with Crippen molar-refractivity contribution in [2.75, 3.05) is 31.1 Å². The summed E-state index contributed by atoms with van der Waals surface area (Å²) in [6.07, 6.45) is 8.05. The number of imidazole rings is 1. The Morgan fingerprint density at radius 1 is 1.42 bits per heavy atom. The lowest BCUT2D eigenvalue weighted by molar-refractivity contribution is -0.133. The first kappa shape index (κ1) is 18.3. The Hall–Kier alpha value is -1.05. The van der Waals surface area contributed by atoms with Crippen LogP contribution in [0.15, 0.2) is 12.4 Å². The molecule has 2 unspecified atom stereocenters. The van der Waals surface area contributed by atoms with Gasteiger partial charge in [0.15, 0.2) is 0 Å². The lowest BCUT2D eigenvalue weighted by Gasteiger charge is -2.31. The van der Waals surface area contributed by atoms with E-state index < -0.39 is 0 Å². The van der Waals surface area contributed by atoms with Crippen LogP contribution in [0.5, 0.6) is 0 Å². The van der Waals surface area contributed by atoms with Crippen molar-refractivity contribution in [1.82, 2.24) is 25.1 Å². The van der Waals surface area contributed by atoms with Crippen LogP contribution in [0.1, 0.15) is 38.4 Å². The number of amides is 1. The Morgan fingerprint density at radius 2 is 2.27 bits per heavy atom. The van der Waals surface area contributed by atoms with Crippen molar-refractivity contribution in [2.45, 2.75) is 57.8 Å². The number of hydrogen-bond acceptors (Lipinski definition) is 5. The van der Waals surface area contributed by atoms with Crippen molar-refractivity contribution in [3.8, 4) is 0 Å². The molecule has 0 bridgehead atoms. The van der Waals surface area contributed by atoms with Crippen LogP contribution >= 0.6 is 11.8 Å². The van der Waals surface area contributed by atoms with Gasteiger partial charge < -0.3 is 20.1 Å². The number of aryl methyl sites for hydroxylation is 1. The van der Waals surface area contributed by atoms with Gasteiger partial charge in [-0.3, -0.25) is 4.79 Å². The first-order valence-electron chi connectivity index (χ1n) is 10.0. The van der Waals surface area contributed by atoms with Gasteiger partial charge in [0.2, 0.25) is 5.91 Å². The second-order valence-electron chi connectivity index (χ2n) is 7.91. The minimum absolute atomic E-state index is 0.302. The molecule has 6 nitrogen and oxygen atoms in total. The molecule has 3 heterocycles. The van der Waals surface area contributed by atoms with E-state index >= 15 is 0 Å². The van der Waals surface area contributed by atoms with Crippen molar-refractivity contribution in [3.05, 3.63) is 18.2 Å². The highest BCUT2D eigenvalue weighted by molar-refractivity contribution is 7.99. The fourth-order valence-electron chi connectivity index (χ4n) is 4.61. The topological polar surface area (TPSA) is 62.2 Å². The number of nitrogens with one attached hydrogen (secondary N) is 2. The second-order valence-corrected chi connectivity index (χ2v) is 9.06. The minimum atomic E-state index is 0.302. The van der Waals surface area contributed by atoms with Gasteiger partial charge in [-0.25, -0.2) is 4.98 Å². The number of hydrogen-bond donors (Lipinski definition) is 2. The smallest absolute Gasteiger partial charge is 0.224 e. The van der Waals surface area contributed by atoms with Gasteiger partial charge in [0.25, 0.3) is 0 Å². The summed E-state index contributed by atoms with van der Waals surface area (Å²) in [5.41, 5.74) is 0.360. The largest absolute Gasteiger partial charge is 0.334 e. The quantitative estimate of drug-likeness (QED) is 0.786. The maximum atomic E-state index is 13.3. The molecule has 1 aromatic heterocycles. The molecule has 26 heavy (non-hydrogen) atoms. The van der Waals surface area contributed by atoms with Gasteiger partial charge >= 0.3 is 0 Å². The maximum Gasteiger partial charge on any atom is 0.224 e. The van der Waals surface area contributed by atoms with Crippen LogP contribution in [0.3, 0.4) is 0 Å². The van der Waals surface area contributed by atoms with Crippen LogP contribution in [0.4, 0.5) is 0 Å². The third-order valence-corrected chi connectivity index (χ3v) is 7.45. The van der Waals surface area contributed by atoms with Crippen molar-refractivity contribution < 1.29 is 4.79 Å². The summed E-state index contributed by atoms with van der Waals surface area (Å²) in [6.45, 7) is 6.87. The molecule has 3 aliphatic rings. The average molecular weight is 378 g/mol. The van der Waals surface area contributed by atoms with Gasteiger partial charge in [-0.1, -0.05) is 0 Å². The fraction of sp³-hybridized carbons (Fsp3) is 0.789. The molecule has 1 amide bonds. The van der Waals surface area contributed by atoms with E-state index in [1.54, 1.807) is 0 Å². The first-order chi connectivity index (χ1) is 12.7. The molecule has 2 N–H and O–H groups in total. The predicted molar refractivity (Wildman–Crippen MR) is 105 cm³/mol. The predicted octanol–water partition coefficient (Wildman–Crippen LogP) is 1.47. The first-order valence-corrected chi connectivity index (χ1v) is 11.2. The Kier molecular flexibility index (Phi) is 5.57. The molecule has 7 heteroatoms. The highest BCUT2D eigenvalue weighted by atomic mass is 32.2. The van der Waals surface area contributed by atoms with Crippen LogP contribution < -0.4 is 10.6 Å². The second kappa shape index (κ2) is 7.90. The molecule has 2 atom stereocenters. The minimum Gasteiger partial charge on any atom is -0.334 e.